The first-order valence-electron chi connectivity index (χ1n) is 11.4. The number of nitriles is 1. The molecule has 0 unspecified atom stereocenters. The van der Waals surface area contributed by atoms with Crippen LogP contribution in [-0.2, 0) is 9.59 Å². The van der Waals surface area contributed by atoms with E-state index in [9.17, 15) is 14.9 Å². The van der Waals surface area contributed by atoms with Crippen molar-refractivity contribution in [1.82, 2.24) is 14.7 Å². The van der Waals surface area contributed by atoms with E-state index in [0.717, 1.165) is 28.8 Å². The number of unbranched alkanes of at least 4 members (excludes halogenated alkanes) is 1. The van der Waals surface area contributed by atoms with Crippen molar-refractivity contribution in [3.05, 3.63) is 88.6 Å². The Balaban J connectivity index is 1.89. The number of hydrogen-bond acceptors (Lipinski definition) is 4. The van der Waals surface area contributed by atoms with Crippen LogP contribution in [0, 0.1) is 18.3 Å². The van der Waals surface area contributed by atoms with Crippen molar-refractivity contribution in [2.45, 2.75) is 33.6 Å². The largest absolute Gasteiger partial charge is 0.274 e. The van der Waals surface area contributed by atoms with E-state index in [-0.39, 0.29) is 18.0 Å². The maximum Gasteiger partial charge on any atom is 0.271 e. The number of amides is 2. The van der Waals surface area contributed by atoms with Gasteiger partial charge >= 0.3 is 0 Å². The molecule has 4 rings (SSSR count). The first-order valence-corrected chi connectivity index (χ1v) is 11.4. The maximum absolute atomic E-state index is 13.4. The molecule has 0 fully saturated rings. The summed E-state index contributed by atoms with van der Waals surface area (Å²) in [6, 6.07) is 19.8. The minimum atomic E-state index is -0.519. The van der Waals surface area contributed by atoms with Gasteiger partial charge < -0.3 is 0 Å². The standard InChI is InChI=1S/C28H26N4O2/c1-4-5-15-31-27(33)24(20(3)25(17-29)28(31)34)16-22-18-32(23-9-7-6-8-10-23)30-26(22)21-13-11-19(2)12-14-21/h6-14,16,18H,4-5,15H2,1-3H3/b24-16+. The Kier molecular flexibility index (Phi) is 6.55. The van der Waals surface area contributed by atoms with Crippen LogP contribution in [0.15, 0.2) is 77.5 Å². The van der Waals surface area contributed by atoms with E-state index in [1.54, 1.807) is 17.7 Å². The lowest BCUT2D eigenvalue weighted by Gasteiger charge is -2.27. The monoisotopic (exact) mass is 450 g/mol. The molecule has 0 saturated carbocycles. The second kappa shape index (κ2) is 9.72. The molecule has 0 radical (unpaired) electrons. The molecule has 0 N–H and O–H groups in total. The van der Waals surface area contributed by atoms with Gasteiger partial charge in [0.15, 0.2) is 0 Å². The minimum Gasteiger partial charge on any atom is -0.274 e. The normalized spacial score (nSPS) is 15.2. The highest BCUT2D eigenvalue weighted by Crippen LogP contribution is 2.31. The van der Waals surface area contributed by atoms with E-state index in [4.69, 9.17) is 5.10 Å². The van der Waals surface area contributed by atoms with E-state index >= 15 is 0 Å². The van der Waals surface area contributed by atoms with Gasteiger partial charge in [-0.2, -0.15) is 10.4 Å². The third kappa shape index (κ3) is 4.33. The van der Waals surface area contributed by atoms with E-state index < -0.39 is 5.91 Å². The van der Waals surface area contributed by atoms with Crippen molar-refractivity contribution < 1.29 is 9.59 Å². The number of rotatable bonds is 6. The molecule has 1 aromatic heterocycles. The zero-order valence-electron chi connectivity index (χ0n) is 19.6. The molecule has 2 aromatic carbocycles. The fourth-order valence-electron chi connectivity index (χ4n) is 3.95. The Morgan fingerprint density at radius 2 is 1.71 bits per heavy atom. The van der Waals surface area contributed by atoms with Crippen molar-refractivity contribution in [2.75, 3.05) is 6.54 Å². The van der Waals surface area contributed by atoms with Crippen LogP contribution in [0.2, 0.25) is 0 Å². The van der Waals surface area contributed by atoms with Crippen molar-refractivity contribution in [3.8, 4) is 23.0 Å². The van der Waals surface area contributed by atoms with Gasteiger partial charge in [-0.3, -0.25) is 14.5 Å². The second-order valence-electron chi connectivity index (χ2n) is 8.36. The van der Waals surface area contributed by atoms with Crippen LogP contribution < -0.4 is 0 Å². The smallest absolute Gasteiger partial charge is 0.271 e. The van der Waals surface area contributed by atoms with E-state index in [0.29, 0.717) is 23.3 Å². The molecule has 1 aliphatic rings. The SMILES string of the molecule is CCCCN1C(=O)C(C#N)=C(C)/C(=C\c2cn(-c3ccccc3)nc2-c2ccc(C)cc2)C1=O. The Hall–Kier alpha value is -4.24. The molecule has 0 aliphatic carbocycles. The number of benzene rings is 2. The quantitative estimate of drug-likeness (QED) is 0.380. The van der Waals surface area contributed by atoms with Crippen molar-refractivity contribution in [3.63, 3.8) is 0 Å². The molecule has 2 heterocycles. The van der Waals surface area contributed by atoms with Crippen LogP contribution in [0.5, 0.6) is 0 Å². The molecule has 0 spiro atoms. The van der Waals surface area contributed by atoms with Crippen LogP contribution in [0.4, 0.5) is 0 Å². The van der Waals surface area contributed by atoms with E-state index in [1.165, 1.54) is 4.90 Å². The summed E-state index contributed by atoms with van der Waals surface area (Å²) >= 11 is 0. The average molecular weight is 451 g/mol. The average Bonchev–Trinajstić information content (AvgIpc) is 3.27. The van der Waals surface area contributed by atoms with Gasteiger partial charge in [0.1, 0.15) is 11.6 Å². The van der Waals surface area contributed by atoms with Crippen LogP contribution >= 0.6 is 0 Å². The number of carbonyl (C=O) groups excluding carboxylic acids is 2. The Morgan fingerprint density at radius 3 is 2.35 bits per heavy atom. The lowest BCUT2D eigenvalue weighted by atomic mass is 9.93. The molecule has 0 atom stereocenters. The molecule has 3 aromatic rings. The number of aromatic nitrogens is 2. The molecular weight excluding hydrogens is 424 g/mol. The molecule has 1 aliphatic heterocycles. The molecule has 170 valence electrons. The fourth-order valence-corrected chi connectivity index (χ4v) is 3.95. The molecule has 0 saturated heterocycles. The van der Waals surface area contributed by atoms with Crippen molar-refractivity contribution in [1.29, 1.82) is 5.26 Å². The number of para-hydroxylation sites is 1. The van der Waals surface area contributed by atoms with Crippen molar-refractivity contribution >= 4 is 17.9 Å². The van der Waals surface area contributed by atoms with Gasteiger partial charge in [-0.1, -0.05) is 61.4 Å². The summed E-state index contributed by atoms with van der Waals surface area (Å²) in [5.74, 6) is -0.897. The highest BCUT2D eigenvalue weighted by atomic mass is 16.2. The third-order valence-electron chi connectivity index (χ3n) is 5.95. The lowest BCUT2D eigenvalue weighted by Crippen LogP contribution is -2.43. The van der Waals surface area contributed by atoms with Crippen LogP contribution in [0.25, 0.3) is 23.0 Å². The van der Waals surface area contributed by atoms with E-state index in [1.807, 2.05) is 80.7 Å². The first kappa shape index (κ1) is 22.9. The van der Waals surface area contributed by atoms with Crippen molar-refractivity contribution in [2.24, 2.45) is 0 Å². The summed E-state index contributed by atoms with van der Waals surface area (Å²) < 4.78 is 1.78. The molecule has 34 heavy (non-hydrogen) atoms. The summed E-state index contributed by atoms with van der Waals surface area (Å²) in [5.41, 5.74) is 5.13. The number of carbonyl (C=O) groups is 2. The predicted octanol–water partition coefficient (Wildman–Crippen LogP) is 5.24. The van der Waals surface area contributed by atoms with Crippen LogP contribution in [0.1, 0.15) is 37.8 Å². The summed E-state index contributed by atoms with van der Waals surface area (Å²) in [6.45, 7) is 5.96. The molecule has 2 amide bonds. The van der Waals surface area contributed by atoms with Gasteiger partial charge in [0, 0.05) is 29.4 Å². The maximum atomic E-state index is 13.4. The minimum absolute atomic E-state index is 0.00860. The van der Waals surface area contributed by atoms with Gasteiger partial charge in [-0.15, -0.1) is 0 Å². The van der Waals surface area contributed by atoms with Crippen LogP contribution in [-0.4, -0.2) is 33.0 Å². The number of imide groups is 1. The third-order valence-corrected chi connectivity index (χ3v) is 5.95. The number of hydrogen-bond donors (Lipinski definition) is 0. The predicted molar refractivity (Wildman–Crippen MR) is 132 cm³/mol. The zero-order valence-corrected chi connectivity index (χ0v) is 19.6. The second-order valence-corrected chi connectivity index (χ2v) is 8.36. The number of nitrogens with zero attached hydrogens (tertiary/aromatic N) is 4. The van der Waals surface area contributed by atoms with Crippen LogP contribution in [0.3, 0.4) is 0 Å². The summed E-state index contributed by atoms with van der Waals surface area (Å²) in [6.07, 6.45) is 5.14. The van der Waals surface area contributed by atoms with Gasteiger partial charge in [0.2, 0.25) is 0 Å². The molecule has 6 nitrogen and oxygen atoms in total. The first-order chi connectivity index (χ1) is 16.4. The topological polar surface area (TPSA) is 79.0 Å². The zero-order chi connectivity index (χ0) is 24.2. The summed E-state index contributed by atoms with van der Waals surface area (Å²) in [7, 11) is 0. The van der Waals surface area contributed by atoms with Gasteiger partial charge in [0.25, 0.3) is 11.8 Å². The van der Waals surface area contributed by atoms with Gasteiger partial charge in [-0.05, 0) is 44.1 Å². The summed E-state index contributed by atoms with van der Waals surface area (Å²) in [4.78, 5) is 27.3. The Bertz CT molecular complexity index is 1340. The Labute approximate surface area is 199 Å². The van der Waals surface area contributed by atoms with Gasteiger partial charge in [0.05, 0.1) is 11.4 Å². The number of aryl methyl sites for hydroxylation is 1. The highest BCUT2D eigenvalue weighted by molar-refractivity contribution is 6.19. The molecule has 0 bridgehead atoms. The Morgan fingerprint density at radius 1 is 1.00 bits per heavy atom. The highest BCUT2D eigenvalue weighted by Gasteiger charge is 2.35. The summed E-state index contributed by atoms with van der Waals surface area (Å²) in [5, 5.41) is 14.5. The molecule has 6 heteroatoms. The molecular formula is C28H26N4O2. The fraction of sp³-hybridized carbons (Fsp3) is 0.214. The lowest BCUT2D eigenvalue weighted by molar-refractivity contribution is -0.140. The van der Waals surface area contributed by atoms with E-state index in [2.05, 4.69) is 0 Å². The van der Waals surface area contributed by atoms with Gasteiger partial charge in [-0.25, -0.2) is 4.68 Å².